The van der Waals surface area contributed by atoms with Crippen molar-refractivity contribution in [3.8, 4) is 5.75 Å². The summed E-state index contributed by atoms with van der Waals surface area (Å²) in [5.74, 6) is 0.607. The molecule has 0 saturated heterocycles. The molecule has 1 N–H and O–H groups in total. The van der Waals surface area contributed by atoms with E-state index in [1.165, 1.54) is 25.6 Å². The van der Waals surface area contributed by atoms with Crippen LogP contribution in [0.15, 0.2) is 41.6 Å². The lowest BCUT2D eigenvalue weighted by atomic mass is 10.3. The Morgan fingerprint density at radius 1 is 1.20 bits per heavy atom. The van der Waals surface area contributed by atoms with Gasteiger partial charge in [-0.05, 0) is 37.3 Å². The second kappa shape index (κ2) is 5.98. The molecular weight excluding hydrogens is 278 g/mol. The molecule has 1 heterocycles. The number of ether oxygens (including phenoxy) is 1. The van der Waals surface area contributed by atoms with E-state index >= 15 is 0 Å². The van der Waals surface area contributed by atoms with Crippen molar-refractivity contribution in [1.82, 2.24) is 14.7 Å². The van der Waals surface area contributed by atoms with Gasteiger partial charge in [-0.2, -0.15) is 0 Å². The summed E-state index contributed by atoms with van der Waals surface area (Å²) in [7, 11) is -2.04. The van der Waals surface area contributed by atoms with E-state index in [2.05, 4.69) is 14.7 Å². The number of rotatable bonds is 5. The van der Waals surface area contributed by atoms with Crippen molar-refractivity contribution in [2.45, 2.75) is 18.4 Å². The van der Waals surface area contributed by atoms with Crippen LogP contribution in [0.25, 0.3) is 0 Å². The highest BCUT2D eigenvalue weighted by molar-refractivity contribution is 7.89. The molecule has 0 bridgehead atoms. The lowest BCUT2D eigenvalue weighted by Crippen LogP contribution is -2.23. The highest BCUT2D eigenvalue weighted by Crippen LogP contribution is 2.15. The zero-order valence-electron chi connectivity index (χ0n) is 11.2. The molecule has 1 aromatic carbocycles. The molecule has 106 valence electrons. The van der Waals surface area contributed by atoms with Crippen LogP contribution >= 0.6 is 0 Å². The predicted molar refractivity (Wildman–Crippen MR) is 73.8 cm³/mol. The molecule has 0 amide bonds. The molecule has 0 spiro atoms. The molecule has 2 aromatic rings. The highest BCUT2D eigenvalue weighted by Gasteiger charge is 2.13. The van der Waals surface area contributed by atoms with Gasteiger partial charge in [-0.15, -0.1) is 0 Å². The quantitative estimate of drug-likeness (QED) is 0.898. The normalized spacial score (nSPS) is 11.3. The fourth-order valence-electron chi connectivity index (χ4n) is 1.61. The smallest absolute Gasteiger partial charge is 0.240 e. The molecular formula is C13H15N3O3S. The van der Waals surface area contributed by atoms with Crippen LogP contribution in [0.5, 0.6) is 5.75 Å². The van der Waals surface area contributed by atoms with Gasteiger partial charge in [-0.3, -0.25) is 0 Å². The Labute approximate surface area is 117 Å². The summed E-state index contributed by atoms with van der Waals surface area (Å²) >= 11 is 0. The van der Waals surface area contributed by atoms with E-state index in [0.717, 1.165) is 5.69 Å². The molecule has 7 heteroatoms. The first-order valence-corrected chi connectivity index (χ1v) is 7.41. The number of nitrogens with one attached hydrogen (secondary N) is 1. The molecule has 2 rings (SSSR count). The third kappa shape index (κ3) is 3.52. The summed E-state index contributed by atoms with van der Waals surface area (Å²) in [6.45, 7) is 1.95. The van der Waals surface area contributed by atoms with Crippen LogP contribution in [-0.2, 0) is 16.6 Å². The fourth-order valence-corrected chi connectivity index (χ4v) is 2.61. The molecule has 0 atom stereocenters. The van der Waals surface area contributed by atoms with Crippen molar-refractivity contribution < 1.29 is 13.2 Å². The molecule has 0 aliphatic heterocycles. The fraction of sp³-hybridized carbons (Fsp3) is 0.231. The maximum absolute atomic E-state index is 12.1. The van der Waals surface area contributed by atoms with E-state index in [0.29, 0.717) is 11.4 Å². The van der Waals surface area contributed by atoms with Crippen LogP contribution in [0.1, 0.15) is 11.4 Å². The largest absolute Gasteiger partial charge is 0.497 e. The van der Waals surface area contributed by atoms with Crippen LogP contribution in [0.2, 0.25) is 0 Å². The molecule has 6 nitrogen and oxygen atoms in total. The second-order valence-corrected chi connectivity index (χ2v) is 5.92. The Morgan fingerprint density at radius 2 is 1.90 bits per heavy atom. The topological polar surface area (TPSA) is 81.2 Å². The zero-order chi connectivity index (χ0) is 14.6. The average Bonchev–Trinajstić information content (AvgIpc) is 2.45. The minimum atomic E-state index is -3.56. The van der Waals surface area contributed by atoms with E-state index < -0.39 is 10.0 Å². The van der Waals surface area contributed by atoms with Crippen LogP contribution in [0.4, 0.5) is 0 Å². The zero-order valence-corrected chi connectivity index (χ0v) is 12.0. The minimum Gasteiger partial charge on any atom is -0.497 e. The summed E-state index contributed by atoms with van der Waals surface area (Å²) in [4.78, 5) is 8.15. The number of benzene rings is 1. The molecule has 0 saturated carbocycles. The number of aryl methyl sites for hydroxylation is 1. The van der Waals surface area contributed by atoms with Crippen molar-refractivity contribution >= 4 is 10.0 Å². The SMILES string of the molecule is COc1ccc(S(=O)(=O)NCc2cc(C)ncn2)cc1. The van der Waals surface area contributed by atoms with Gasteiger partial charge in [0.05, 0.1) is 24.2 Å². The first-order chi connectivity index (χ1) is 9.51. The second-order valence-electron chi connectivity index (χ2n) is 4.15. The summed E-state index contributed by atoms with van der Waals surface area (Å²) in [5, 5.41) is 0. The van der Waals surface area contributed by atoms with Gasteiger partial charge >= 0.3 is 0 Å². The van der Waals surface area contributed by atoms with Crippen molar-refractivity contribution in [3.63, 3.8) is 0 Å². The van der Waals surface area contributed by atoms with Crippen LogP contribution in [0, 0.1) is 6.92 Å². The lowest BCUT2D eigenvalue weighted by Gasteiger charge is -2.07. The Balaban J connectivity index is 2.10. The third-order valence-electron chi connectivity index (χ3n) is 2.67. The molecule has 20 heavy (non-hydrogen) atoms. The molecule has 0 radical (unpaired) electrons. The van der Waals surface area contributed by atoms with Crippen molar-refractivity contribution in [1.29, 1.82) is 0 Å². The molecule has 0 fully saturated rings. The molecule has 0 unspecified atom stereocenters. The Morgan fingerprint density at radius 3 is 2.50 bits per heavy atom. The molecule has 1 aromatic heterocycles. The van der Waals surface area contributed by atoms with E-state index in [9.17, 15) is 8.42 Å². The Bertz CT molecular complexity index is 684. The third-order valence-corrected chi connectivity index (χ3v) is 4.09. The van der Waals surface area contributed by atoms with Crippen molar-refractivity contribution in [3.05, 3.63) is 48.0 Å². The highest BCUT2D eigenvalue weighted by atomic mass is 32.2. The summed E-state index contributed by atoms with van der Waals surface area (Å²) < 4.78 is 31.7. The first-order valence-electron chi connectivity index (χ1n) is 5.92. The molecule has 0 aliphatic carbocycles. The maximum atomic E-state index is 12.1. The molecule has 0 aliphatic rings. The number of aromatic nitrogens is 2. The first kappa shape index (κ1) is 14.4. The van der Waals surface area contributed by atoms with E-state index in [1.807, 2.05) is 6.92 Å². The number of sulfonamides is 1. The standard InChI is InChI=1S/C13H15N3O3S/c1-10-7-11(15-9-14-10)8-16-20(17,18)13-5-3-12(19-2)4-6-13/h3-7,9,16H,8H2,1-2H3. The summed E-state index contributed by atoms with van der Waals surface area (Å²) in [6, 6.07) is 7.92. The Hall–Kier alpha value is -1.99. The van der Waals surface area contributed by atoms with Crippen LogP contribution < -0.4 is 9.46 Å². The van der Waals surface area contributed by atoms with Gasteiger partial charge in [0, 0.05) is 5.69 Å². The average molecular weight is 293 g/mol. The van der Waals surface area contributed by atoms with Crippen molar-refractivity contribution in [2.75, 3.05) is 7.11 Å². The van der Waals surface area contributed by atoms with Crippen LogP contribution in [-0.4, -0.2) is 25.5 Å². The van der Waals surface area contributed by atoms with Crippen molar-refractivity contribution in [2.24, 2.45) is 0 Å². The monoisotopic (exact) mass is 293 g/mol. The van der Waals surface area contributed by atoms with Gasteiger partial charge in [-0.25, -0.2) is 23.1 Å². The Kier molecular flexibility index (Phi) is 4.31. The van der Waals surface area contributed by atoms with Gasteiger partial charge in [0.15, 0.2) is 0 Å². The van der Waals surface area contributed by atoms with E-state index in [-0.39, 0.29) is 11.4 Å². The number of nitrogens with zero attached hydrogens (tertiary/aromatic N) is 2. The van der Waals surface area contributed by atoms with Gasteiger partial charge in [-0.1, -0.05) is 0 Å². The van der Waals surface area contributed by atoms with Crippen LogP contribution in [0.3, 0.4) is 0 Å². The van der Waals surface area contributed by atoms with Gasteiger partial charge in [0.25, 0.3) is 0 Å². The predicted octanol–water partition coefficient (Wildman–Crippen LogP) is 1.27. The number of hydrogen-bond acceptors (Lipinski definition) is 5. The maximum Gasteiger partial charge on any atom is 0.240 e. The van der Waals surface area contributed by atoms with Gasteiger partial charge in [0.2, 0.25) is 10.0 Å². The van der Waals surface area contributed by atoms with Gasteiger partial charge in [0.1, 0.15) is 12.1 Å². The minimum absolute atomic E-state index is 0.123. The number of hydrogen-bond donors (Lipinski definition) is 1. The van der Waals surface area contributed by atoms with E-state index in [1.54, 1.807) is 18.2 Å². The summed E-state index contributed by atoms with van der Waals surface area (Å²) in [5.41, 5.74) is 1.41. The summed E-state index contributed by atoms with van der Waals surface area (Å²) in [6.07, 6.45) is 1.41. The number of methoxy groups -OCH3 is 1. The van der Waals surface area contributed by atoms with E-state index in [4.69, 9.17) is 4.74 Å². The lowest BCUT2D eigenvalue weighted by molar-refractivity contribution is 0.414. The van der Waals surface area contributed by atoms with Gasteiger partial charge < -0.3 is 4.74 Å².